The van der Waals surface area contributed by atoms with Crippen molar-refractivity contribution in [1.29, 1.82) is 5.26 Å². The van der Waals surface area contributed by atoms with Crippen molar-refractivity contribution in [2.24, 2.45) is 5.73 Å². The number of nitrogens with two attached hydrogens (primary N) is 1. The molecule has 1 aromatic carbocycles. The highest BCUT2D eigenvalue weighted by Gasteiger charge is 2.28. The normalized spacial score (nSPS) is 19.9. The van der Waals surface area contributed by atoms with Crippen LogP contribution in [0.4, 0.5) is 0 Å². The maximum absolute atomic E-state index is 11.6. The van der Waals surface area contributed by atoms with E-state index in [0.29, 0.717) is 18.7 Å². The van der Waals surface area contributed by atoms with Crippen LogP contribution in [0.1, 0.15) is 17.5 Å². The van der Waals surface area contributed by atoms with Crippen molar-refractivity contribution in [1.82, 2.24) is 4.90 Å². The molecule has 16 heavy (non-hydrogen) atoms. The average molecular weight is 215 g/mol. The molecule has 0 aliphatic carbocycles. The Morgan fingerprint density at radius 3 is 3.00 bits per heavy atom. The van der Waals surface area contributed by atoms with E-state index < -0.39 is 0 Å². The van der Waals surface area contributed by atoms with E-state index in [1.54, 1.807) is 17.0 Å². The van der Waals surface area contributed by atoms with E-state index in [9.17, 15) is 4.79 Å². The third-order valence-electron chi connectivity index (χ3n) is 2.77. The molecule has 1 fully saturated rings. The monoisotopic (exact) mass is 215 g/mol. The molecule has 1 amide bonds. The third kappa shape index (κ3) is 2.05. The van der Waals surface area contributed by atoms with Gasteiger partial charge >= 0.3 is 0 Å². The Bertz CT molecular complexity index is 450. The zero-order valence-corrected chi connectivity index (χ0v) is 8.89. The average Bonchev–Trinajstić information content (AvgIpc) is 2.61. The lowest BCUT2D eigenvalue weighted by atomic mass is 10.1. The maximum atomic E-state index is 11.6. The van der Waals surface area contributed by atoms with Crippen molar-refractivity contribution in [3.8, 4) is 6.07 Å². The molecule has 82 valence electrons. The minimum Gasteiger partial charge on any atom is -0.337 e. The maximum Gasteiger partial charge on any atom is 0.239 e. The summed E-state index contributed by atoms with van der Waals surface area (Å²) in [5.41, 5.74) is 7.23. The number of likely N-dealkylation sites (tertiary alicyclic amines) is 1. The Hall–Kier alpha value is -1.86. The van der Waals surface area contributed by atoms with Gasteiger partial charge < -0.3 is 10.6 Å². The van der Waals surface area contributed by atoms with E-state index in [1.807, 2.05) is 12.1 Å². The summed E-state index contributed by atoms with van der Waals surface area (Å²) < 4.78 is 0. The Morgan fingerprint density at radius 2 is 2.38 bits per heavy atom. The summed E-state index contributed by atoms with van der Waals surface area (Å²) in [5.74, 6) is 0.00219. The van der Waals surface area contributed by atoms with Crippen molar-refractivity contribution < 1.29 is 4.79 Å². The van der Waals surface area contributed by atoms with Crippen molar-refractivity contribution in [3.05, 3.63) is 35.4 Å². The molecule has 0 bridgehead atoms. The lowest BCUT2D eigenvalue weighted by Gasteiger charge is -2.15. The molecule has 0 spiro atoms. The number of carbonyl (C=O) groups is 1. The fourth-order valence-corrected chi connectivity index (χ4v) is 1.88. The van der Waals surface area contributed by atoms with Crippen LogP contribution in [-0.4, -0.2) is 23.4 Å². The van der Waals surface area contributed by atoms with E-state index in [2.05, 4.69) is 6.07 Å². The van der Waals surface area contributed by atoms with Crippen molar-refractivity contribution >= 4 is 5.91 Å². The summed E-state index contributed by atoms with van der Waals surface area (Å²) in [6, 6.07) is 9.03. The third-order valence-corrected chi connectivity index (χ3v) is 2.77. The summed E-state index contributed by atoms with van der Waals surface area (Å²) in [5, 5.41) is 8.77. The lowest BCUT2D eigenvalue weighted by Crippen LogP contribution is -2.33. The quantitative estimate of drug-likeness (QED) is 0.786. The van der Waals surface area contributed by atoms with E-state index in [4.69, 9.17) is 11.0 Å². The lowest BCUT2D eigenvalue weighted by molar-refractivity contribution is -0.129. The molecule has 2 N–H and O–H groups in total. The smallest absolute Gasteiger partial charge is 0.239 e. The Kier molecular flexibility index (Phi) is 2.88. The summed E-state index contributed by atoms with van der Waals surface area (Å²) >= 11 is 0. The number of carbonyl (C=O) groups excluding carboxylic acids is 1. The number of nitrogens with zero attached hydrogens (tertiary/aromatic N) is 2. The molecule has 4 heteroatoms. The molecule has 1 aliphatic rings. The van der Waals surface area contributed by atoms with Gasteiger partial charge in [-0.25, -0.2) is 0 Å². The van der Waals surface area contributed by atoms with Gasteiger partial charge in [-0.05, 0) is 24.1 Å². The van der Waals surface area contributed by atoms with Crippen LogP contribution in [0.15, 0.2) is 24.3 Å². The minimum atomic E-state index is -0.348. The van der Waals surface area contributed by atoms with E-state index >= 15 is 0 Å². The van der Waals surface area contributed by atoms with Gasteiger partial charge in [0, 0.05) is 13.1 Å². The van der Waals surface area contributed by atoms with Gasteiger partial charge in [-0.3, -0.25) is 4.79 Å². The van der Waals surface area contributed by atoms with Gasteiger partial charge in [0.1, 0.15) is 0 Å². The molecule has 0 saturated carbocycles. The zero-order chi connectivity index (χ0) is 11.5. The van der Waals surface area contributed by atoms with Crippen molar-refractivity contribution in [2.75, 3.05) is 6.54 Å². The molecule has 1 saturated heterocycles. The van der Waals surface area contributed by atoms with Crippen LogP contribution in [0, 0.1) is 11.3 Å². The highest BCUT2D eigenvalue weighted by Crippen LogP contribution is 2.14. The van der Waals surface area contributed by atoms with E-state index in [1.165, 1.54) is 0 Å². The standard InChI is InChI=1S/C12H13N3O/c13-7-9-2-1-3-10(6-9)8-15-5-4-11(14)12(15)16/h1-3,6,11H,4-5,8,14H2/t11-/m0/s1. The van der Waals surface area contributed by atoms with Crippen molar-refractivity contribution in [2.45, 2.75) is 19.0 Å². The highest BCUT2D eigenvalue weighted by atomic mass is 16.2. The molecule has 0 radical (unpaired) electrons. The van der Waals surface area contributed by atoms with Crippen molar-refractivity contribution in [3.63, 3.8) is 0 Å². The molecule has 4 nitrogen and oxygen atoms in total. The Labute approximate surface area is 94.3 Å². The fraction of sp³-hybridized carbons (Fsp3) is 0.333. The Morgan fingerprint density at radius 1 is 1.56 bits per heavy atom. The van der Waals surface area contributed by atoms with Crippen LogP contribution < -0.4 is 5.73 Å². The van der Waals surface area contributed by atoms with Crippen LogP contribution >= 0.6 is 0 Å². The summed E-state index contributed by atoms with van der Waals surface area (Å²) in [7, 11) is 0. The first-order chi connectivity index (χ1) is 7.70. The van der Waals surface area contributed by atoms with E-state index in [0.717, 1.165) is 12.0 Å². The van der Waals surface area contributed by atoms with E-state index in [-0.39, 0.29) is 11.9 Å². The number of nitriles is 1. The summed E-state index contributed by atoms with van der Waals surface area (Å²) in [4.78, 5) is 13.3. The largest absolute Gasteiger partial charge is 0.337 e. The fourth-order valence-electron chi connectivity index (χ4n) is 1.88. The number of rotatable bonds is 2. The second-order valence-electron chi connectivity index (χ2n) is 3.97. The second-order valence-corrected chi connectivity index (χ2v) is 3.97. The minimum absolute atomic E-state index is 0.00219. The van der Waals surface area contributed by atoms with Crippen LogP contribution in [0.5, 0.6) is 0 Å². The first kappa shape index (κ1) is 10.7. The number of hydrogen-bond acceptors (Lipinski definition) is 3. The summed E-state index contributed by atoms with van der Waals surface area (Å²) in [6.45, 7) is 1.25. The SMILES string of the molecule is N#Cc1cccc(CN2CC[C@H](N)C2=O)c1. The molecule has 0 aromatic heterocycles. The molecular formula is C12H13N3O. The molecule has 1 aromatic rings. The van der Waals surface area contributed by atoms with Crippen LogP contribution in [0.25, 0.3) is 0 Å². The van der Waals surface area contributed by atoms with Gasteiger partial charge in [-0.1, -0.05) is 12.1 Å². The zero-order valence-electron chi connectivity index (χ0n) is 8.89. The molecule has 1 atom stereocenters. The van der Waals surface area contributed by atoms with Gasteiger partial charge in [0.05, 0.1) is 17.7 Å². The molecule has 2 rings (SSSR count). The number of hydrogen-bond donors (Lipinski definition) is 1. The van der Waals surface area contributed by atoms with Gasteiger partial charge in [-0.15, -0.1) is 0 Å². The Balaban J connectivity index is 2.10. The van der Waals surface area contributed by atoms with Crippen LogP contribution in [0.2, 0.25) is 0 Å². The van der Waals surface area contributed by atoms with Crippen LogP contribution in [-0.2, 0) is 11.3 Å². The summed E-state index contributed by atoms with van der Waals surface area (Å²) in [6.07, 6.45) is 0.719. The first-order valence-corrected chi connectivity index (χ1v) is 5.24. The predicted octanol–water partition coefficient (Wildman–Crippen LogP) is 0.618. The topological polar surface area (TPSA) is 70.1 Å². The number of benzene rings is 1. The number of amides is 1. The molecular weight excluding hydrogens is 202 g/mol. The van der Waals surface area contributed by atoms with Gasteiger partial charge in [0.2, 0.25) is 5.91 Å². The highest BCUT2D eigenvalue weighted by molar-refractivity contribution is 5.83. The first-order valence-electron chi connectivity index (χ1n) is 5.24. The molecule has 0 unspecified atom stereocenters. The second kappa shape index (κ2) is 4.33. The van der Waals surface area contributed by atoms with Gasteiger partial charge in [0.25, 0.3) is 0 Å². The molecule has 1 aliphatic heterocycles. The van der Waals surface area contributed by atoms with Gasteiger partial charge in [-0.2, -0.15) is 5.26 Å². The van der Waals surface area contributed by atoms with Crippen LogP contribution in [0.3, 0.4) is 0 Å². The molecule has 1 heterocycles. The predicted molar refractivity (Wildman–Crippen MR) is 59.2 cm³/mol. The van der Waals surface area contributed by atoms with Gasteiger partial charge in [0.15, 0.2) is 0 Å².